The summed E-state index contributed by atoms with van der Waals surface area (Å²) in [5.74, 6) is 0.402. The van der Waals surface area contributed by atoms with E-state index in [1.165, 1.54) is 28.7 Å². The van der Waals surface area contributed by atoms with E-state index in [0.717, 1.165) is 35.6 Å². The molecule has 1 aromatic carbocycles. The molecule has 1 heterocycles. The monoisotopic (exact) mass is 375 g/mol. The molecule has 0 spiro atoms. The van der Waals surface area contributed by atoms with Crippen molar-refractivity contribution in [3.63, 3.8) is 0 Å². The van der Waals surface area contributed by atoms with Crippen molar-refractivity contribution in [3.8, 4) is 0 Å². The molecule has 0 aliphatic heterocycles. The fourth-order valence-electron chi connectivity index (χ4n) is 2.60. The number of carbonyl (C=O) groups excluding carboxylic acids is 2. The Balaban J connectivity index is 1.58. The quantitative estimate of drug-likeness (QED) is 0.397. The molecular weight excluding hydrogens is 354 g/mol. The molecule has 1 fully saturated rings. The fraction of sp³-hybridized carbons (Fsp3) is 0.444. The van der Waals surface area contributed by atoms with E-state index in [1.54, 1.807) is 11.8 Å². The van der Waals surface area contributed by atoms with Gasteiger partial charge >= 0.3 is 0 Å². The average Bonchev–Trinajstić information content (AvgIpc) is 3.31. The normalized spacial score (nSPS) is 13.7. The fourth-order valence-corrected chi connectivity index (χ4v) is 4.45. The van der Waals surface area contributed by atoms with E-state index in [0.29, 0.717) is 10.9 Å². The van der Waals surface area contributed by atoms with Gasteiger partial charge in [-0.2, -0.15) is 0 Å². The highest BCUT2D eigenvalue weighted by Gasteiger charge is 2.34. The second kappa shape index (κ2) is 8.10. The van der Waals surface area contributed by atoms with E-state index in [4.69, 9.17) is 0 Å². The van der Waals surface area contributed by atoms with Gasteiger partial charge in [-0.25, -0.2) is 0 Å². The number of thioether (sulfide) groups is 1. The Morgan fingerprint density at radius 3 is 2.56 bits per heavy atom. The number of ketones is 1. The van der Waals surface area contributed by atoms with Crippen molar-refractivity contribution >= 4 is 39.9 Å². The molecule has 0 saturated heterocycles. The van der Waals surface area contributed by atoms with Crippen molar-refractivity contribution in [2.75, 3.05) is 10.7 Å². The average molecular weight is 376 g/mol. The van der Waals surface area contributed by atoms with Gasteiger partial charge in [0.25, 0.3) is 0 Å². The predicted octanol–water partition coefficient (Wildman–Crippen LogP) is 3.98. The first kappa shape index (κ1) is 18.1. The molecular formula is C18H21N3O2S2. The third kappa shape index (κ3) is 4.67. The van der Waals surface area contributed by atoms with Crippen molar-refractivity contribution < 1.29 is 9.59 Å². The number of hydrogen-bond acceptors (Lipinski definition) is 6. The maximum absolute atomic E-state index is 12.3. The Morgan fingerprint density at radius 2 is 1.96 bits per heavy atom. The molecule has 25 heavy (non-hydrogen) atoms. The minimum absolute atomic E-state index is 0.00144. The van der Waals surface area contributed by atoms with Gasteiger partial charge < -0.3 is 0 Å². The Bertz CT molecular complexity index is 754. The molecule has 1 saturated carbocycles. The second-order valence-corrected chi connectivity index (χ2v) is 8.31. The lowest BCUT2D eigenvalue weighted by atomic mass is 10.1. The number of aryl methyl sites for hydroxylation is 1. The van der Waals surface area contributed by atoms with Gasteiger partial charge in [0.05, 0.1) is 5.75 Å². The van der Waals surface area contributed by atoms with Gasteiger partial charge in [-0.3, -0.25) is 14.5 Å². The third-order valence-corrected chi connectivity index (χ3v) is 6.05. The highest BCUT2D eigenvalue weighted by Crippen LogP contribution is 2.35. The van der Waals surface area contributed by atoms with Crippen molar-refractivity contribution in [1.29, 1.82) is 0 Å². The summed E-state index contributed by atoms with van der Waals surface area (Å²) in [5.41, 5.74) is 1.98. The van der Waals surface area contributed by atoms with Crippen LogP contribution in [0.3, 0.4) is 0 Å². The maximum Gasteiger partial charge on any atom is 0.225 e. The highest BCUT2D eigenvalue weighted by atomic mass is 32.2. The molecule has 0 N–H and O–H groups in total. The summed E-state index contributed by atoms with van der Waals surface area (Å²) in [5, 5.41) is 8.88. The lowest BCUT2D eigenvalue weighted by Gasteiger charge is -2.15. The van der Waals surface area contributed by atoms with Crippen molar-refractivity contribution in [1.82, 2.24) is 10.2 Å². The summed E-state index contributed by atoms with van der Waals surface area (Å²) in [4.78, 5) is 25.8. The van der Waals surface area contributed by atoms with Crippen LogP contribution in [0.1, 0.15) is 49.0 Å². The molecule has 1 aliphatic carbocycles. The van der Waals surface area contributed by atoms with Crippen LogP contribution >= 0.6 is 23.1 Å². The van der Waals surface area contributed by atoms with E-state index in [1.807, 2.05) is 24.3 Å². The van der Waals surface area contributed by atoms with Gasteiger partial charge in [-0.05, 0) is 24.8 Å². The SMILES string of the molecule is CCCc1ccc(C(=O)CSc2nnc(N(C(C)=O)C3CC3)s2)cc1. The summed E-state index contributed by atoms with van der Waals surface area (Å²) in [6.45, 7) is 3.70. The largest absolute Gasteiger partial charge is 0.293 e. The zero-order valence-corrected chi connectivity index (χ0v) is 16.0. The summed E-state index contributed by atoms with van der Waals surface area (Å²) in [6, 6.07) is 8.09. The van der Waals surface area contributed by atoms with Crippen LogP contribution in [-0.2, 0) is 11.2 Å². The zero-order valence-electron chi connectivity index (χ0n) is 14.4. The van der Waals surface area contributed by atoms with Gasteiger partial charge in [-0.15, -0.1) is 10.2 Å². The Kier molecular flexibility index (Phi) is 5.86. The van der Waals surface area contributed by atoms with Gasteiger partial charge in [0.2, 0.25) is 11.0 Å². The number of rotatable bonds is 8. The number of anilines is 1. The first-order chi connectivity index (χ1) is 12.1. The molecule has 7 heteroatoms. The predicted molar refractivity (Wildman–Crippen MR) is 102 cm³/mol. The summed E-state index contributed by atoms with van der Waals surface area (Å²) in [6.07, 6.45) is 4.17. The summed E-state index contributed by atoms with van der Waals surface area (Å²) in [7, 11) is 0. The number of carbonyl (C=O) groups is 2. The van der Waals surface area contributed by atoms with E-state index in [2.05, 4.69) is 17.1 Å². The molecule has 1 aromatic heterocycles. The van der Waals surface area contributed by atoms with Gasteiger partial charge in [-0.1, -0.05) is 60.7 Å². The molecule has 0 unspecified atom stereocenters. The Morgan fingerprint density at radius 1 is 1.24 bits per heavy atom. The maximum atomic E-state index is 12.3. The first-order valence-corrected chi connectivity index (χ1v) is 10.3. The second-order valence-electron chi connectivity index (χ2n) is 6.13. The molecule has 1 aliphatic rings. The van der Waals surface area contributed by atoms with Crippen molar-refractivity contribution in [2.24, 2.45) is 0 Å². The van der Waals surface area contributed by atoms with Crippen LogP contribution < -0.4 is 4.90 Å². The van der Waals surface area contributed by atoms with Gasteiger partial charge in [0, 0.05) is 18.5 Å². The lowest BCUT2D eigenvalue weighted by Crippen LogP contribution is -2.30. The highest BCUT2D eigenvalue weighted by molar-refractivity contribution is 8.01. The number of aromatic nitrogens is 2. The van der Waals surface area contributed by atoms with Crippen LogP contribution in [0, 0.1) is 0 Å². The van der Waals surface area contributed by atoms with E-state index in [9.17, 15) is 9.59 Å². The molecule has 0 radical (unpaired) electrons. The Hall–Kier alpha value is -1.73. The van der Waals surface area contributed by atoms with Crippen LogP contribution in [0.15, 0.2) is 28.6 Å². The topological polar surface area (TPSA) is 63.2 Å². The van der Waals surface area contributed by atoms with Crippen LogP contribution in [-0.4, -0.2) is 33.7 Å². The van der Waals surface area contributed by atoms with Crippen molar-refractivity contribution in [3.05, 3.63) is 35.4 Å². The molecule has 1 amide bonds. The molecule has 5 nitrogen and oxygen atoms in total. The number of amides is 1. The number of nitrogens with zero attached hydrogens (tertiary/aromatic N) is 3. The van der Waals surface area contributed by atoms with Crippen molar-refractivity contribution in [2.45, 2.75) is 49.9 Å². The number of hydrogen-bond donors (Lipinski definition) is 0. The van der Waals surface area contributed by atoms with E-state index in [-0.39, 0.29) is 17.7 Å². The summed E-state index contributed by atoms with van der Waals surface area (Å²) >= 11 is 2.75. The minimum Gasteiger partial charge on any atom is -0.293 e. The summed E-state index contributed by atoms with van der Waals surface area (Å²) < 4.78 is 0.720. The number of Topliss-reactive ketones (excluding diaryl/α,β-unsaturated/α-hetero) is 1. The van der Waals surface area contributed by atoms with E-state index < -0.39 is 0 Å². The first-order valence-electron chi connectivity index (χ1n) is 8.46. The molecule has 132 valence electrons. The molecule has 0 atom stereocenters. The standard InChI is InChI=1S/C18H21N3O2S2/c1-3-4-13-5-7-14(8-6-13)16(23)11-24-18-20-19-17(25-18)21(12(2)22)15-9-10-15/h5-8,15H,3-4,9-11H2,1-2H3. The van der Waals surface area contributed by atoms with E-state index >= 15 is 0 Å². The molecule has 0 bridgehead atoms. The molecule has 3 rings (SSSR count). The number of benzene rings is 1. The Labute approximate surface area is 155 Å². The molecule has 2 aromatic rings. The van der Waals surface area contributed by atoms with Crippen LogP contribution in [0.5, 0.6) is 0 Å². The zero-order chi connectivity index (χ0) is 17.8. The lowest BCUT2D eigenvalue weighted by molar-refractivity contribution is -0.116. The van der Waals surface area contributed by atoms with Gasteiger partial charge in [0.1, 0.15) is 0 Å². The van der Waals surface area contributed by atoms with Crippen LogP contribution in [0.4, 0.5) is 5.13 Å². The third-order valence-electron chi connectivity index (χ3n) is 3.99. The minimum atomic E-state index is -0.00144. The smallest absolute Gasteiger partial charge is 0.225 e. The van der Waals surface area contributed by atoms with Gasteiger partial charge in [0.15, 0.2) is 10.1 Å². The van der Waals surface area contributed by atoms with Crippen LogP contribution in [0.25, 0.3) is 0 Å². The van der Waals surface area contributed by atoms with Crippen LogP contribution in [0.2, 0.25) is 0 Å².